The van der Waals surface area contributed by atoms with Gasteiger partial charge in [0.05, 0.1) is 12.1 Å². The van der Waals surface area contributed by atoms with E-state index in [1.54, 1.807) is 12.3 Å². The molecule has 0 aliphatic rings. The van der Waals surface area contributed by atoms with Crippen molar-refractivity contribution in [1.29, 1.82) is 0 Å². The van der Waals surface area contributed by atoms with Crippen LogP contribution in [0.5, 0.6) is 0 Å². The monoisotopic (exact) mass is 293 g/mol. The molecule has 0 saturated heterocycles. The molecule has 0 bridgehead atoms. The molecule has 5 heteroatoms. The third kappa shape index (κ3) is 3.38. The van der Waals surface area contributed by atoms with Crippen molar-refractivity contribution in [2.75, 3.05) is 5.32 Å². The third-order valence-corrected chi connectivity index (χ3v) is 3.09. The van der Waals surface area contributed by atoms with Crippen LogP contribution in [0, 0.1) is 6.92 Å². The van der Waals surface area contributed by atoms with Crippen LogP contribution in [0.2, 0.25) is 0 Å². The summed E-state index contributed by atoms with van der Waals surface area (Å²) < 4.78 is 5.41. The second-order valence-electron chi connectivity index (χ2n) is 4.96. The van der Waals surface area contributed by atoms with E-state index in [4.69, 9.17) is 4.42 Å². The first-order valence-corrected chi connectivity index (χ1v) is 6.93. The van der Waals surface area contributed by atoms with E-state index in [1.807, 2.05) is 43.3 Å². The van der Waals surface area contributed by atoms with Crippen LogP contribution in [-0.2, 0) is 11.2 Å². The molecular formula is C17H15N3O2. The molecule has 0 radical (unpaired) electrons. The Morgan fingerprint density at radius 1 is 1.18 bits per heavy atom. The number of rotatable bonds is 4. The Labute approximate surface area is 128 Å². The molecule has 22 heavy (non-hydrogen) atoms. The first-order valence-electron chi connectivity index (χ1n) is 6.93. The summed E-state index contributed by atoms with van der Waals surface area (Å²) in [4.78, 5) is 20.4. The highest BCUT2D eigenvalue weighted by Crippen LogP contribution is 2.18. The van der Waals surface area contributed by atoms with Crippen molar-refractivity contribution in [2.24, 2.45) is 0 Å². The molecule has 5 nitrogen and oxygen atoms in total. The van der Waals surface area contributed by atoms with Gasteiger partial charge >= 0.3 is 0 Å². The zero-order valence-corrected chi connectivity index (χ0v) is 12.1. The fourth-order valence-corrected chi connectivity index (χ4v) is 1.99. The fraction of sp³-hybridized carbons (Fsp3) is 0.118. The van der Waals surface area contributed by atoms with Gasteiger partial charge in [0, 0.05) is 11.8 Å². The van der Waals surface area contributed by atoms with Crippen LogP contribution in [0.25, 0.3) is 11.5 Å². The largest absolute Gasteiger partial charge is 0.444 e. The minimum atomic E-state index is -0.177. The average molecular weight is 293 g/mol. The minimum Gasteiger partial charge on any atom is -0.444 e. The maximum atomic E-state index is 12.0. The Bertz CT molecular complexity index is 764. The van der Waals surface area contributed by atoms with Gasteiger partial charge in [0.15, 0.2) is 0 Å². The van der Waals surface area contributed by atoms with E-state index in [-0.39, 0.29) is 12.3 Å². The lowest BCUT2D eigenvalue weighted by Gasteiger charge is -2.02. The number of oxazole rings is 1. The van der Waals surface area contributed by atoms with Crippen LogP contribution in [0.15, 0.2) is 59.3 Å². The molecule has 0 aliphatic carbocycles. The van der Waals surface area contributed by atoms with Crippen LogP contribution in [0.1, 0.15) is 11.3 Å². The van der Waals surface area contributed by atoms with Crippen molar-refractivity contribution in [1.82, 2.24) is 9.97 Å². The number of pyridine rings is 1. The van der Waals surface area contributed by atoms with E-state index in [2.05, 4.69) is 15.3 Å². The molecule has 0 aliphatic heterocycles. The number of amides is 1. The summed E-state index contributed by atoms with van der Waals surface area (Å²) in [5, 5.41) is 2.73. The zero-order chi connectivity index (χ0) is 15.4. The fourth-order valence-electron chi connectivity index (χ4n) is 1.99. The van der Waals surface area contributed by atoms with Crippen molar-refractivity contribution in [3.8, 4) is 11.5 Å². The van der Waals surface area contributed by atoms with Crippen molar-refractivity contribution >= 4 is 11.7 Å². The first kappa shape index (κ1) is 14.0. The van der Waals surface area contributed by atoms with Gasteiger partial charge in [-0.15, -0.1) is 0 Å². The number of carbonyl (C=O) groups excluding carboxylic acids is 1. The molecule has 0 fully saturated rings. The molecule has 1 aromatic carbocycles. The van der Waals surface area contributed by atoms with Gasteiger partial charge in [-0.25, -0.2) is 9.97 Å². The van der Waals surface area contributed by atoms with Gasteiger partial charge in [-0.2, -0.15) is 0 Å². The summed E-state index contributed by atoms with van der Waals surface area (Å²) >= 11 is 0. The van der Waals surface area contributed by atoms with Crippen molar-refractivity contribution < 1.29 is 9.21 Å². The number of anilines is 1. The van der Waals surface area contributed by atoms with E-state index >= 15 is 0 Å². The molecule has 0 unspecified atom stereocenters. The van der Waals surface area contributed by atoms with Gasteiger partial charge < -0.3 is 9.73 Å². The van der Waals surface area contributed by atoms with Gasteiger partial charge in [-0.3, -0.25) is 4.79 Å². The van der Waals surface area contributed by atoms with Gasteiger partial charge in [0.1, 0.15) is 12.1 Å². The summed E-state index contributed by atoms with van der Waals surface area (Å²) in [6, 6.07) is 13.2. The molecule has 0 saturated carbocycles. The minimum absolute atomic E-state index is 0.145. The number of nitrogens with one attached hydrogen (secondary N) is 1. The number of benzene rings is 1. The standard InChI is InChI=1S/C17H15N3O2/c1-12-7-8-15(18-10-12)20-16(21)9-14-11-22-17(19-14)13-5-3-2-4-6-13/h2-8,10-11H,9H2,1H3,(H,18,20,21). The van der Waals surface area contributed by atoms with Gasteiger partial charge in [0.25, 0.3) is 0 Å². The molecule has 110 valence electrons. The number of aromatic nitrogens is 2. The topological polar surface area (TPSA) is 68.0 Å². The van der Waals surface area contributed by atoms with Gasteiger partial charge in [0.2, 0.25) is 11.8 Å². The summed E-state index contributed by atoms with van der Waals surface area (Å²) in [5.74, 6) is 0.864. The smallest absolute Gasteiger partial charge is 0.231 e. The molecule has 3 aromatic rings. The highest BCUT2D eigenvalue weighted by molar-refractivity contribution is 5.91. The summed E-state index contributed by atoms with van der Waals surface area (Å²) in [6.45, 7) is 1.94. The number of aryl methyl sites for hydroxylation is 1. The highest BCUT2D eigenvalue weighted by atomic mass is 16.3. The summed E-state index contributed by atoms with van der Waals surface area (Å²) in [7, 11) is 0. The summed E-state index contributed by atoms with van der Waals surface area (Å²) in [5.41, 5.74) is 2.51. The van der Waals surface area contributed by atoms with Crippen molar-refractivity contribution in [2.45, 2.75) is 13.3 Å². The molecule has 3 rings (SSSR count). The maximum absolute atomic E-state index is 12.0. The second kappa shape index (κ2) is 6.22. The summed E-state index contributed by atoms with van der Waals surface area (Å²) in [6.07, 6.45) is 3.36. The van der Waals surface area contributed by atoms with E-state index in [0.29, 0.717) is 17.4 Å². The van der Waals surface area contributed by atoms with E-state index in [0.717, 1.165) is 11.1 Å². The first-order chi connectivity index (χ1) is 10.7. The molecule has 1 N–H and O–H groups in total. The van der Waals surface area contributed by atoms with Crippen LogP contribution in [0.4, 0.5) is 5.82 Å². The quantitative estimate of drug-likeness (QED) is 0.802. The molecule has 1 amide bonds. The van der Waals surface area contributed by atoms with E-state index < -0.39 is 0 Å². The maximum Gasteiger partial charge on any atom is 0.231 e. The SMILES string of the molecule is Cc1ccc(NC(=O)Cc2coc(-c3ccccc3)n2)nc1. The van der Waals surface area contributed by atoms with Crippen molar-refractivity contribution in [3.63, 3.8) is 0 Å². The molecule has 2 aromatic heterocycles. The van der Waals surface area contributed by atoms with Crippen molar-refractivity contribution in [3.05, 3.63) is 66.2 Å². The molecule has 0 atom stereocenters. The Kier molecular flexibility index (Phi) is 3.96. The number of hydrogen-bond acceptors (Lipinski definition) is 4. The predicted octanol–water partition coefficient (Wildman–Crippen LogP) is 3.23. The predicted molar refractivity (Wildman–Crippen MR) is 83.2 cm³/mol. The lowest BCUT2D eigenvalue weighted by molar-refractivity contribution is -0.115. The third-order valence-electron chi connectivity index (χ3n) is 3.09. The lowest BCUT2D eigenvalue weighted by Crippen LogP contribution is -2.15. The van der Waals surface area contributed by atoms with Crippen LogP contribution in [-0.4, -0.2) is 15.9 Å². The van der Waals surface area contributed by atoms with Crippen LogP contribution in [0.3, 0.4) is 0 Å². The van der Waals surface area contributed by atoms with Crippen LogP contribution < -0.4 is 5.32 Å². The lowest BCUT2D eigenvalue weighted by atomic mass is 10.2. The van der Waals surface area contributed by atoms with Gasteiger partial charge in [-0.1, -0.05) is 24.3 Å². The number of hydrogen-bond donors (Lipinski definition) is 1. The molecular weight excluding hydrogens is 278 g/mol. The Hall–Kier alpha value is -2.95. The Balaban J connectivity index is 1.65. The van der Waals surface area contributed by atoms with Crippen LogP contribution >= 0.6 is 0 Å². The number of carbonyl (C=O) groups is 1. The Morgan fingerprint density at radius 3 is 2.73 bits per heavy atom. The van der Waals surface area contributed by atoms with E-state index in [9.17, 15) is 4.79 Å². The second-order valence-corrected chi connectivity index (χ2v) is 4.96. The Morgan fingerprint density at radius 2 is 2.00 bits per heavy atom. The highest BCUT2D eigenvalue weighted by Gasteiger charge is 2.10. The average Bonchev–Trinajstić information content (AvgIpc) is 2.99. The van der Waals surface area contributed by atoms with E-state index in [1.165, 1.54) is 6.26 Å². The molecule has 0 spiro atoms. The number of nitrogens with zero attached hydrogens (tertiary/aromatic N) is 2. The molecule has 2 heterocycles. The zero-order valence-electron chi connectivity index (χ0n) is 12.1. The normalized spacial score (nSPS) is 10.4. The van der Waals surface area contributed by atoms with Gasteiger partial charge in [-0.05, 0) is 30.7 Å².